The van der Waals surface area contributed by atoms with Crippen molar-refractivity contribution in [2.45, 2.75) is 75.6 Å². The number of nitrogens with zero attached hydrogens (tertiary/aromatic N) is 9. The van der Waals surface area contributed by atoms with Crippen LogP contribution in [0.4, 0.5) is 30.0 Å². The van der Waals surface area contributed by atoms with Crippen LogP contribution in [0.15, 0.2) is 43.4 Å². The second-order valence-electron chi connectivity index (χ2n) is 15.1. The summed E-state index contributed by atoms with van der Waals surface area (Å²) < 4.78 is 100. The summed E-state index contributed by atoms with van der Waals surface area (Å²) in [6, 6.07) is 1.62. The molecule has 3 aliphatic heterocycles. The third kappa shape index (κ3) is 10.0. The fourth-order valence-corrected chi connectivity index (χ4v) is 9.20. The van der Waals surface area contributed by atoms with Crippen LogP contribution in [0, 0.1) is 0 Å². The number of imidazole rings is 1. The molecule has 7 heterocycles. The number of amides is 2. The molecule has 28 heteroatoms. The van der Waals surface area contributed by atoms with Crippen molar-refractivity contribution < 1.29 is 65.1 Å². The fourth-order valence-electron chi connectivity index (χ4n) is 6.84. The summed E-state index contributed by atoms with van der Waals surface area (Å²) >= 11 is 7.85. The molecule has 0 aliphatic carbocycles. The van der Waals surface area contributed by atoms with Crippen LogP contribution in [0.25, 0.3) is 22.2 Å². The zero-order valence-corrected chi connectivity index (χ0v) is 37.1. The monoisotopic (exact) mass is 948 g/mol. The molecule has 3 aliphatic rings. The molecule has 10 atom stereocenters. The number of thiol groups is 2. The molecule has 4 aromatic heterocycles. The van der Waals surface area contributed by atoms with Crippen LogP contribution in [0.5, 0.6) is 0 Å². The lowest BCUT2D eigenvalue weighted by atomic mass is 10.1. The molecular formula is C34H44F2N10O12P2S2. The molecule has 338 valence electrons. The second kappa shape index (κ2) is 19.0. The van der Waals surface area contributed by atoms with Crippen LogP contribution in [-0.4, -0.2) is 145 Å². The van der Waals surface area contributed by atoms with Gasteiger partial charge in [-0.1, -0.05) is 36.6 Å². The zero-order valence-electron chi connectivity index (χ0n) is 33.5. The maximum Gasteiger partial charge on any atom is 0.415 e. The first-order chi connectivity index (χ1) is 29.5. The van der Waals surface area contributed by atoms with Crippen molar-refractivity contribution in [3.8, 4) is 0 Å². The van der Waals surface area contributed by atoms with Crippen molar-refractivity contribution in [3.63, 3.8) is 0 Å². The zero-order chi connectivity index (χ0) is 44.5. The molecule has 12 bridgehead atoms. The van der Waals surface area contributed by atoms with Crippen LogP contribution in [0.1, 0.15) is 33.2 Å². The summed E-state index contributed by atoms with van der Waals surface area (Å²) in [6.45, 7) is -1.12. The van der Waals surface area contributed by atoms with E-state index < -0.39 is 94.2 Å². The Morgan fingerprint density at radius 1 is 1.08 bits per heavy atom. The maximum atomic E-state index is 16.4. The standard InChI is InChI=1S/C34H44F2N10O12P2S2/c1-34(2,3)56-32(48)43(4)11-12-52-33(49)45-9-6-5-8-37-26-18-7-10-44(27(18)39-15-38-26)30-21(35)24(57-59(50)61)20(55-30)14-53-60(51,62)58-25-19(13-47)54-31(22(25)36)46-17-42-23-28(45)40-16-41-29(23)46/h5-7,10,15-17,19-22,24-25,30-31,47,59H,8-9,11-14H2,1-4H3,(H,50,61)(H,51,62)(H,37,38,39)/b6-5+/t19-,20-,21-,22-,24-,25-,30-,31-,60-/m1/s1. The number of alkyl halides is 2. The molecule has 7 rings (SSSR count). The van der Waals surface area contributed by atoms with Crippen molar-refractivity contribution in [1.29, 1.82) is 0 Å². The molecule has 0 aromatic carbocycles. The average Bonchev–Trinajstić information content (AvgIpc) is 3.98. The SMILES string of the molecule is CN(CCOC(=O)N1C/C=C/CNc2ncnc3c2ccn3[C@@H]2O[C@H](CO[P@@](=O)(S)O[C@H]3[C@@H](F)[C@@H](O[C@@H]3CO)n3cnc4c1ncnc43)[C@@H](O[PH](=O)S)[C@H]2F)C(=O)OC(C)(C)C. The minimum Gasteiger partial charge on any atom is -0.447 e. The van der Waals surface area contributed by atoms with Crippen molar-refractivity contribution in [3.05, 3.63) is 43.4 Å². The summed E-state index contributed by atoms with van der Waals surface area (Å²) in [5, 5.41) is 13.8. The van der Waals surface area contributed by atoms with Gasteiger partial charge in [0.1, 0.15) is 60.7 Å². The van der Waals surface area contributed by atoms with Gasteiger partial charge in [0.25, 0.3) is 0 Å². The normalized spacial score (nSPS) is 29.3. The molecule has 2 amide bonds. The molecule has 0 saturated carbocycles. The highest BCUT2D eigenvalue weighted by Gasteiger charge is 2.52. The van der Waals surface area contributed by atoms with Gasteiger partial charge in [0.15, 0.2) is 41.8 Å². The number of ether oxygens (including phenoxy) is 4. The number of aliphatic hydroxyl groups excluding tert-OH is 1. The van der Waals surface area contributed by atoms with Gasteiger partial charge in [-0.05, 0) is 26.8 Å². The van der Waals surface area contributed by atoms with Gasteiger partial charge in [-0.3, -0.25) is 23.1 Å². The van der Waals surface area contributed by atoms with Crippen LogP contribution < -0.4 is 10.2 Å². The number of carbonyl (C=O) groups excluding carboxylic acids is 2. The van der Waals surface area contributed by atoms with Crippen LogP contribution >= 0.6 is 38.5 Å². The predicted octanol–water partition coefficient (Wildman–Crippen LogP) is 4.67. The van der Waals surface area contributed by atoms with Gasteiger partial charge in [0.2, 0.25) is 7.23 Å². The number of aromatic nitrogens is 7. The number of aliphatic hydroxyl groups is 1. The number of hydrogen-bond donors (Lipinski definition) is 4. The van der Waals surface area contributed by atoms with Gasteiger partial charge < -0.3 is 43.4 Å². The van der Waals surface area contributed by atoms with E-state index in [0.29, 0.717) is 11.2 Å². The van der Waals surface area contributed by atoms with E-state index in [1.807, 2.05) is 0 Å². The van der Waals surface area contributed by atoms with Crippen LogP contribution in [0.2, 0.25) is 0 Å². The average molecular weight is 949 g/mol. The van der Waals surface area contributed by atoms with E-state index in [0.717, 1.165) is 11.2 Å². The molecule has 22 nitrogen and oxygen atoms in total. The van der Waals surface area contributed by atoms with Gasteiger partial charge in [-0.25, -0.2) is 47.9 Å². The Morgan fingerprint density at radius 2 is 1.82 bits per heavy atom. The number of rotatable bonds is 6. The molecule has 0 spiro atoms. The third-order valence-electron chi connectivity index (χ3n) is 9.68. The minimum absolute atomic E-state index is 0.00389. The smallest absolute Gasteiger partial charge is 0.415 e. The lowest BCUT2D eigenvalue weighted by Crippen LogP contribution is -2.38. The molecule has 2 saturated heterocycles. The fraction of sp³-hybridized carbons (Fsp3) is 0.559. The lowest BCUT2D eigenvalue weighted by molar-refractivity contribution is -0.0487. The van der Waals surface area contributed by atoms with Gasteiger partial charge >= 0.3 is 19.0 Å². The summed E-state index contributed by atoms with van der Waals surface area (Å²) in [6.07, 6.45) is -6.31. The van der Waals surface area contributed by atoms with Crippen molar-refractivity contribution in [2.75, 3.05) is 56.7 Å². The highest BCUT2D eigenvalue weighted by molar-refractivity contribution is 8.44. The minimum atomic E-state index is -4.57. The van der Waals surface area contributed by atoms with Gasteiger partial charge in [0.05, 0.1) is 31.5 Å². The van der Waals surface area contributed by atoms with E-state index >= 15 is 8.78 Å². The Kier molecular flexibility index (Phi) is 14.1. The van der Waals surface area contributed by atoms with E-state index in [-0.39, 0.29) is 48.9 Å². The first kappa shape index (κ1) is 46.0. The van der Waals surface area contributed by atoms with Crippen molar-refractivity contribution >= 4 is 84.5 Å². The molecule has 4 aromatic rings. The first-order valence-electron chi connectivity index (χ1n) is 19.0. The predicted molar refractivity (Wildman–Crippen MR) is 223 cm³/mol. The second-order valence-corrected chi connectivity index (χ2v) is 19.8. The summed E-state index contributed by atoms with van der Waals surface area (Å²) in [4.78, 5) is 50.3. The molecule has 1 unspecified atom stereocenters. The number of fused-ring (bicyclic) bond motifs is 6. The topological polar surface area (TPSA) is 246 Å². The first-order valence-corrected chi connectivity index (χ1v) is 24.3. The molecular weight excluding hydrogens is 905 g/mol. The highest BCUT2D eigenvalue weighted by Crippen LogP contribution is 2.57. The summed E-state index contributed by atoms with van der Waals surface area (Å²) in [5.74, 6) is 0.326. The lowest BCUT2D eigenvalue weighted by Gasteiger charge is -2.25. The maximum absolute atomic E-state index is 16.4. The Labute approximate surface area is 363 Å². The van der Waals surface area contributed by atoms with Crippen molar-refractivity contribution in [1.82, 2.24) is 39.0 Å². The molecule has 62 heavy (non-hydrogen) atoms. The largest absolute Gasteiger partial charge is 0.447 e. The van der Waals surface area contributed by atoms with Crippen molar-refractivity contribution in [2.24, 2.45) is 0 Å². The van der Waals surface area contributed by atoms with E-state index in [1.165, 1.54) is 39.9 Å². The van der Waals surface area contributed by atoms with E-state index in [1.54, 1.807) is 39.0 Å². The van der Waals surface area contributed by atoms with E-state index in [4.69, 9.17) is 32.5 Å². The summed E-state index contributed by atoms with van der Waals surface area (Å²) in [5.41, 5.74) is -0.481. The molecule has 0 radical (unpaired) electrons. The highest BCUT2D eigenvalue weighted by atomic mass is 32.7. The number of anilines is 2. The number of nitrogens with one attached hydrogen (secondary N) is 1. The molecule has 2 fully saturated rings. The van der Waals surface area contributed by atoms with Crippen LogP contribution in [-0.2, 0) is 41.6 Å². The Hall–Kier alpha value is -3.97. The quantitative estimate of drug-likeness (QED) is 0.117. The van der Waals surface area contributed by atoms with E-state index in [2.05, 4.69) is 54.7 Å². The van der Waals surface area contributed by atoms with Gasteiger partial charge in [0, 0.05) is 26.3 Å². The summed E-state index contributed by atoms with van der Waals surface area (Å²) in [7, 11) is -1.56. The van der Waals surface area contributed by atoms with E-state index in [9.17, 15) is 23.8 Å². The Bertz CT molecular complexity index is 2380. The number of likely N-dealkylation sites (N-methyl/N-ethyl adjacent to an activating group) is 1. The number of hydrogen-bond acceptors (Lipinski definition) is 18. The third-order valence-corrected chi connectivity index (χ3v) is 12.1. The Balaban J connectivity index is 1.22. The number of carbonyl (C=O) groups is 2. The van der Waals surface area contributed by atoms with Crippen LogP contribution in [0.3, 0.4) is 0 Å². The number of halogens is 2. The van der Waals surface area contributed by atoms with Gasteiger partial charge in [-0.15, -0.1) is 0 Å². The van der Waals surface area contributed by atoms with Gasteiger partial charge in [-0.2, -0.15) is 0 Å². The Morgan fingerprint density at radius 3 is 2.56 bits per heavy atom. The molecule has 2 N–H and O–H groups in total.